The lowest BCUT2D eigenvalue weighted by atomic mass is 10.2. The molecule has 7 nitrogen and oxygen atoms in total. The molecule has 0 fully saturated rings. The minimum atomic E-state index is -0.756. The number of amides is 2. The van der Waals surface area contributed by atoms with Crippen LogP contribution >= 0.6 is 0 Å². The zero-order valence-corrected chi connectivity index (χ0v) is 15.9. The third-order valence-corrected chi connectivity index (χ3v) is 4.12. The summed E-state index contributed by atoms with van der Waals surface area (Å²) in [6, 6.07) is 13.4. The molecule has 3 rings (SSSR count). The standard InChI is InChI=1S/C21H19FN4O3/c1-3-23-20(28)14-7-6-8-15(12-14)24-21(29)19-18(27)11-13(2)26(25-19)17-10-5-4-9-16(17)22/h4-12H,3H2,1-2H3,(H,23,28)(H,24,29). The maximum absolute atomic E-state index is 14.1. The number of nitrogens with one attached hydrogen (secondary N) is 2. The summed E-state index contributed by atoms with van der Waals surface area (Å²) in [5, 5.41) is 9.29. The quantitative estimate of drug-likeness (QED) is 0.696. The molecule has 2 N–H and O–H groups in total. The molecule has 0 aliphatic carbocycles. The molecule has 2 amide bonds. The maximum Gasteiger partial charge on any atom is 0.280 e. The van der Waals surface area contributed by atoms with Crippen LogP contribution in [0.3, 0.4) is 0 Å². The van der Waals surface area contributed by atoms with Crippen LogP contribution in [0.2, 0.25) is 0 Å². The molecule has 0 spiro atoms. The Morgan fingerprint density at radius 2 is 1.83 bits per heavy atom. The number of aromatic nitrogens is 2. The molecule has 0 aliphatic heterocycles. The van der Waals surface area contributed by atoms with E-state index in [4.69, 9.17) is 0 Å². The van der Waals surface area contributed by atoms with Crippen LogP contribution in [-0.2, 0) is 0 Å². The van der Waals surface area contributed by atoms with Crippen molar-refractivity contribution in [1.82, 2.24) is 15.1 Å². The number of halogens is 1. The first-order chi connectivity index (χ1) is 13.9. The first-order valence-electron chi connectivity index (χ1n) is 8.96. The molecule has 2 aromatic carbocycles. The number of carbonyl (C=O) groups is 2. The number of benzene rings is 2. The topological polar surface area (TPSA) is 93.1 Å². The van der Waals surface area contributed by atoms with Crippen LogP contribution < -0.4 is 16.1 Å². The van der Waals surface area contributed by atoms with Crippen LogP contribution in [0.4, 0.5) is 10.1 Å². The number of hydrogen-bond donors (Lipinski definition) is 2. The monoisotopic (exact) mass is 394 g/mol. The highest BCUT2D eigenvalue weighted by molar-refractivity contribution is 6.03. The Bertz CT molecular complexity index is 1140. The molecule has 8 heteroatoms. The Balaban J connectivity index is 1.93. The van der Waals surface area contributed by atoms with Gasteiger partial charge in [-0.15, -0.1) is 0 Å². The van der Waals surface area contributed by atoms with E-state index in [0.717, 1.165) is 0 Å². The lowest BCUT2D eigenvalue weighted by Crippen LogP contribution is -2.27. The molecule has 0 atom stereocenters. The van der Waals surface area contributed by atoms with Crippen LogP contribution in [0.5, 0.6) is 0 Å². The SMILES string of the molecule is CCNC(=O)c1cccc(NC(=O)c2nn(-c3ccccc3F)c(C)cc2=O)c1. The fourth-order valence-corrected chi connectivity index (χ4v) is 2.76. The minimum absolute atomic E-state index is 0.122. The lowest BCUT2D eigenvalue weighted by molar-refractivity contribution is 0.0954. The second-order valence-electron chi connectivity index (χ2n) is 6.26. The molecule has 29 heavy (non-hydrogen) atoms. The Hall–Kier alpha value is -3.81. The van der Waals surface area contributed by atoms with E-state index in [9.17, 15) is 18.8 Å². The molecule has 1 heterocycles. The summed E-state index contributed by atoms with van der Waals surface area (Å²) in [6.45, 7) is 3.86. The van der Waals surface area contributed by atoms with Gasteiger partial charge in [-0.05, 0) is 44.2 Å². The van der Waals surface area contributed by atoms with Crippen molar-refractivity contribution in [3.05, 3.63) is 87.6 Å². The van der Waals surface area contributed by atoms with Gasteiger partial charge in [0, 0.05) is 29.6 Å². The number of carbonyl (C=O) groups excluding carboxylic acids is 2. The molecular formula is C21H19FN4O3. The molecule has 0 unspecified atom stereocenters. The van der Waals surface area contributed by atoms with Gasteiger partial charge in [0.25, 0.3) is 11.8 Å². The Morgan fingerprint density at radius 3 is 2.55 bits per heavy atom. The molecule has 0 radical (unpaired) electrons. The molecule has 3 aromatic rings. The van der Waals surface area contributed by atoms with E-state index >= 15 is 0 Å². The molecule has 148 valence electrons. The third kappa shape index (κ3) is 4.37. The predicted octanol–water partition coefficient (Wildman–Crippen LogP) is 2.68. The fraction of sp³-hybridized carbons (Fsp3) is 0.143. The van der Waals surface area contributed by atoms with Crippen molar-refractivity contribution in [1.29, 1.82) is 0 Å². The van der Waals surface area contributed by atoms with E-state index in [0.29, 0.717) is 23.5 Å². The summed E-state index contributed by atoms with van der Waals surface area (Å²) < 4.78 is 15.3. The van der Waals surface area contributed by atoms with Crippen LogP contribution in [0.25, 0.3) is 5.69 Å². The molecule has 0 aliphatic rings. The van der Waals surface area contributed by atoms with Gasteiger partial charge in [-0.2, -0.15) is 5.10 Å². The molecule has 0 saturated heterocycles. The van der Waals surface area contributed by atoms with Gasteiger partial charge in [0.15, 0.2) is 5.69 Å². The second-order valence-corrected chi connectivity index (χ2v) is 6.26. The van der Waals surface area contributed by atoms with Gasteiger partial charge in [0.05, 0.1) is 0 Å². The maximum atomic E-state index is 14.1. The predicted molar refractivity (Wildman–Crippen MR) is 107 cm³/mol. The van der Waals surface area contributed by atoms with Crippen LogP contribution in [0, 0.1) is 12.7 Å². The Labute approximate surface area is 166 Å². The van der Waals surface area contributed by atoms with Gasteiger partial charge in [-0.1, -0.05) is 18.2 Å². The van der Waals surface area contributed by atoms with Gasteiger partial charge in [0.1, 0.15) is 11.5 Å². The number of anilines is 1. The zero-order valence-electron chi connectivity index (χ0n) is 15.9. The van der Waals surface area contributed by atoms with Crippen LogP contribution in [0.1, 0.15) is 33.5 Å². The van der Waals surface area contributed by atoms with Crippen molar-refractivity contribution in [3.63, 3.8) is 0 Å². The summed E-state index contributed by atoms with van der Waals surface area (Å²) >= 11 is 0. The van der Waals surface area contributed by atoms with Crippen molar-refractivity contribution < 1.29 is 14.0 Å². The summed E-state index contributed by atoms with van der Waals surface area (Å²) in [5.74, 6) is -1.57. The van der Waals surface area contributed by atoms with E-state index < -0.39 is 17.2 Å². The van der Waals surface area contributed by atoms with Gasteiger partial charge < -0.3 is 10.6 Å². The fourth-order valence-electron chi connectivity index (χ4n) is 2.76. The number of para-hydroxylation sites is 1. The molecule has 0 bridgehead atoms. The van der Waals surface area contributed by atoms with Crippen molar-refractivity contribution in [2.45, 2.75) is 13.8 Å². The summed E-state index contributed by atoms with van der Waals surface area (Å²) in [7, 11) is 0. The number of aryl methyl sites for hydroxylation is 1. The van der Waals surface area contributed by atoms with Crippen molar-refractivity contribution >= 4 is 17.5 Å². The van der Waals surface area contributed by atoms with E-state index in [2.05, 4.69) is 15.7 Å². The number of rotatable bonds is 5. The van der Waals surface area contributed by atoms with Crippen molar-refractivity contribution in [2.75, 3.05) is 11.9 Å². The zero-order chi connectivity index (χ0) is 21.0. The first-order valence-corrected chi connectivity index (χ1v) is 8.96. The van der Waals surface area contributed by atoms with Gasteiger partial charge in [0.2, 0.25) is 5.43 Å². The highest BCUT2D eigenvalue weighted by Crippen LogP contribution is 2.14. The molecule has 1 aromatic heterocycles. The van der Waals surface area contributed by atoms with Crippen molar-refractivity contribution in [3.8, 4) is 5.69 Å². The largest absolute Gasteiger partial charge is 0.352 e. The lowest BCUT2D eigenvalue weighted by Gasteiger charge is -2.12. The van der Waals surface area contributed by atoms with E-state index in [1.807, 2.05) is 0 Å². The Kier molecular flexibility index (Phi) is 5.82. The molecular weight excluding hydrogens is 375 g/mol. The van der Waals surface area contributed by atoms with Gasteiger partial charge >= 0.3 is 0 Å². The number of nitrogens with zero attached hydrogens (tertiary/aromatic N) is 2. The van der Waals surface area contributed by atoms with Gasteiger partial charge in [-0.3, -0.25) is 14.4 Å². The van der Waals surface area contributed by atoms with E-state index in [1.54, 1.807) is 38.1 Å². The first kappa shape index (κ1) is 19.9. The summed E-state index contributed by atoms with van der Waals surface area (Å²) in [5.41, 5.74) is 0.227. The average molecular weight is 394 g/mol. The summed E-state index contributed by atoms with van der Waals surface area (Å²) in [6.07, 6.45) is 0. The summed E-state index contributed by atoms with van der Waals surface area (Å²) in [4.78, 5) is 36.9. The van der Waals surface area contributed by atoms with Crippen LogP contribution in [-0.4, -0.2) is 28.1 Å². The second kappa shape index (κ2) is 8.47. The van der Waals surface area contributed by atoms with Crippen LogP contribution in [0.15, 0.2) is 59.4 Å². The normalized spacial score (nSPS) is 10.4. The molecule has 0 saturated carbocycles. The Morgan fingerprint density at radius 1 is 1.07 bits per heavy atom. The van der Waals surface area contributed by atoms with Gasteiger partial charge in [-0.25, -0.2) is 9.07 Å². The number of hydrogen-bond acceptors (Lipinski definition) is 4. The van der Waals surface area contributed by atoms with E-state index in [-0.39, 0.29) is 17.3 Å². The average Bonchev–Trinajstić information content (AvgIpc) is 2.69. The highest BCUT2D eigenvalue weighted by atomic mass is 19.1. The minimum Gasteiger partial charge on any atom is -0.352 e. The smallest absolute Gasteiger partial charge is 0.280 e. The van der Waals surface area contributed by atoms with E-state index in [1.165, 1.54) is 35.0 Å². The third-order valence-electron chi connectivity index (χ3n) is 4.12. The highest BCUT2D eigenvalue weighted by Gasteiger charge is 2.17. The van der Waals surface area contributed by atoms with Crippen molar-refractivity contribution in [2.24, 2.45) is 0 Å².